The van der Waals surface area contributed by atoms with E-state index in [-0.39, 0.29) is 0 Å². The van der Waals surface area contributed by atoms with Crippen LogP contribution in [0.15, 0.2) is 12.1 Å². The van der Waals surface area contributed by atoms with Crippen molar-refractivity contribution in [1.82, 2.24) is 5.32 Å². The first kappa shape index (κ1) is 10.4. The number of hydrogen-bond acceptors (Lipinski definition) is 3. The van der Waals surface area contributed by atoms with Gasteiger partial charge in [0.15, 0.2) is 0 Å². The fraction of sp³-hybridized carbons (Fsp3) is 0.600. The summed E-state index contributed by atoms with van der Waals surface area (Å²) in [7, 11) is 1.78. The molecule has 4 heteroatoms. The Labute approximate surface area is 93.2 Å². The zero-order valence-electron chi connectivity index (χ0n) is 8.13. The molecule has 1 fully saturated rings. The van der Waals surface area contributed by atoms with Crippen molar-refractivity contribution in [1.29, 1.82) is 0 Å². The van der Waals surface area contributed by atoms with Gasteiger partial charge in [-0.2, -0.15) is 0 Å². The third kappa shape index (κ3) is 2.48. The van der Waals surface area contributed by atoms with Crippen LogP contribution in [0.3, 0.4) is 0 Å². The van der Waals surface area contributed by atoms with E-state index in [0.717, 1.165) is 23.7 Å². The van der Waals surface area contributed by atoms with Crippen LogP contribution in [0.2, 0.25) is 4.34 Å². The number of thiophene rings is 1. The molecule has 0 radical (unpaired) electrons. The first-order valence-electron chi connectivity index (χ1n) is 4.78. The van der Waals surface area contributed by atoms with Crippen molar-refractivity contribution in [3.63, 3.8) is 0 Å². The summed E-state index contributed by atoms with van der Waals surface area (Å²) in [6, 6.07) is 4.65. The van der Waals surface area contributed by atoms with Gasteiger partial charge < -0.3 is 10.1 Å². The van der Waals surface area contributed by atoms with Gasteiger partial charge in [0, 0.05) is 24.6 Å². The molecule has 0 saturated heterocycles. The second-order valence-electron chi connectivity index (χ2n) is 3.61. The molecule has 14 heavy (non-hydrogen) atoms. The molecule has 1 heterocycles. The predicted molar refractivity (Wildman–Crippen MR) is 60.0 cm³/mol. The van der Waals surface area contributed by atoms with Gasteiger partial charge in [0.25, 0.3) is 0 Å². The Morgan fingerprint density at radius 3 is 2.93 bits per heavy atom. The molecule has 1 aliphatic rings. The van der Waals surface area contributed by atoms with Crippen molar-refractivity contribution in [2.75, 3.05) is 7.11 Å². The molecule has 1 aromatic rings. The molecule has 1 aliphatic carbocycles. The molecular formula is C10H14ClNOS. The van der Waals surface area contributed by atoms with Crippen molar-refractivity contribution in [2.45, 2.75) is 31.5 Å². The summed E-state index contributed by atoms with van der Waals surface area (Å²) in [5, 5.41) is 3.48. The molecule has 0 bridgehead atoms. The fourth-order valence-corrected chi connectivity index (χ4v) is 2.65. The average Bonchev–Trinajstić information content (AvgIpc) is 2.49. The van der Waals surface area contributed by atoms with Crippen LogP contribution in [0, 0.1) is 0 Å². The van der Waals surface area contributed by atoms with E-state index in [0.29, 0.717) is 12.1 Å². The highest BCUT2D eigenvalue weighted by atomic mass is 35.5. The summed E-state index contributed by atoms with van der Waals surface area (Å²) in [5.74, 6) is 0. The molecule has 1 N–H and O–H groups in total. The molecule has 0 aliphatic heterocycles. The summed E-state index contributed by atoms with van der Waals surface area (Å²) in [4.78, 5) is 1.30. The standard InChI is InChI=1S/C10H14ClNOS/c1-13-8-4-7(5-8)12-6-9-2-3-10(11)14-9/h2-3,7-8,12H,4-6H2,1H3. The Morgan fingerprint density at radius 2 is 2.36 bits per heavy atom. The number of methoxy groups -OCH3 is 1. The van der Waals surface area contributed by atoms with Crippen LogP contribution in [0.1, 0.15) is 17.7 Å². The molecule has 0 aromatic carbocycles. The first-order chi connectivity index (χ1) is 6.78. The zero-order valence-corrected chi connectivity index (χ0v) is 9.70. The van der Waals surface area contributed by atoms with E-state index in [1.807, 2.05) is 6.07 Å². The van der Waals surface area contributed by atoms with Gasteiger partial charge in [-0.15, -0.1) is 11.3 Å². The number of hydrogen-bond donors (Lipinski definition) is 1. The largest absolute Gasteiger partial charge is 0.381 e. The second-order valence-corrected chi connectivity index (χ2v) is 5.41. The van der Waals surface area contributed by atoms with Crippen LogP contribution in [0.5, 0.6) is 0 Å². The normalized spacial score (nSPS) is 26.1. The van der Waals surface area contributed by atoms with Gasteiger partial charge in [-0.25, -0.2) is 0 Å². The molecule has 1 saturated carbocycles. The highest BCUT2D eigenvalue weighted by molar-refractivity contribution is 7.16. The molecular weight excluding hydrogens is 218 g/mol. The van der Waals surface area contributed by atoms with Crippen molar-refractivity contribution in [3.05, 3.63) is 21.3 Å². The summed E-state index contributed by atoms with van der Waals surface area (Å²) < 4.78 is 6.08. The highest BCUT2D eigenvalue weighted by Crippen LogP contribution is 2.25. The minimum atomic E-state index is 0.472. The van der Waals surface area contributed by atoms with Crippen LogP contribution >= 0.6 is 22.9 Å². The minimum absolute atomic E-state index is 0.472. The van der Waals surface area contributed by atoms with Crippen LogP contribution in [-0.2, 0) is 11.3 Å². The molecule has 0 atom stereocenters. The van der Waals surface area contributed by atoms with Gasteiger partial charge in [-0.05, 0) is 25.0 Å². The van der Waals surface area contributed by atoms with Crippen molar-refractivity contribution >= 4 is 22.9 Å². The van der Waals surface area contributed by atoms with Gasteiger partial charge in [-0.1, -0.05) is 11.6 Å². The third-order valence-corrected chi connectivity index (χ3v) is 3.85. The Bertz CT molecular complexity index is 296. The maximum absolute atomic E-state index is 5.84. The summed E-state index contributed by atoms with van der Waals surface area (Å²) in [6.45, 7) is 0.929. The van der Waals surface area contributed by atoms with Crippen LogP contribution in [-0.4, -0.2) is 19.3 Å². The van der Waals surface area contributed by atoms with E-state index in [1.165, 1.54) is 4.88 Å². The number of nitrogens with one attached hydrogen (secondary N) is 1. The van der Waals surface area contributed by atoms with E-state index < -0.39 is 0 Å². The van der Waals surface area contributed by atoms with E-state index in [2.05, 4.69) is 11.4 Å². The second kappa shape index (κ2) is 4.62. The Hall–Kier alpha value is -0.0900. The lowest BCUT2D eigenvalue weighted by atomic mass is 9.89. The predicted octanol–water partition coefficient (Wildman–Crippen LogP) is 2.67. The Kier molecular flexibility index (Phi) is 3.44. The number of halogens is 1. The van der Waals surface area contributed by atoms with Crippen LogP contribution in [0.4, 0.5) is 0 Å². The molecule has 0 unspecified atom stereocenters. The Balaban J connectivity index is 1.69. The Morgan fingerprint density at radius 1 is 1.57 bits per heavy atom. The maximum atomic E-state index is 5.84. The first-order valence-corrected chi connectivity index (χ1v) is 5.98. The lowest BCUT2D eigenvalue weighted by Crippen LogP contribution is -2.44. The van der Waals surface area contributed by atoms with Crippen molar-refractivity contribution in [3.8, 4) is 0 Å². The minimum Gasteiger partial charge on any atom is -0.381 e. The lowest BCUT2D eigenvalue weighted by molar-refractivity contribution is 0.0170. The molecule has 2 rings (SSSR count). The smallest absolute Gasteiger partial charge is 0.0931 e. The fourth-order valence-electron chi connectivity index (χ4n) is 1.62. The quantitative estimate of drug-likeness (QED) is 0.861. The van der Waals surface area contributed by atoms with Crippen LogP contribution in [0.25, 0.3) is 0 Å². The number of ether oxygens (including phenoxy) is 1. The molecule has 2 nitrogen and oxygen atoms in total. The molecule has 0 spiro atoms. The summed E-state index contributed by atoms with van der Waals surface area (Å²) in [5.41, 5.74) is 0. The van der Waals surface area contributed by atoms with Crippen molar-refractivity contribution < 1.29 is 4.74 Å². The summed E-state index contributed by atoms with van der Waals surface area (Å²) in [6.07, 6.45) is 2.74. The van der Waals surface area contributed by atoms with Gasteiger partial charge >= 0.3 is 0 Å². The lowest BCUT2D eigenvalue weighted by Gasteiger charge is -2.34. The van der Waals surface area contributed by atoms with Crippen LogP contribution < -0.4 is 5.32 Å². The molecule has 1 aromatic heterocycles. The van der Waals surface area contributed by atoms with E-state index in [9.17, 15) is 0 Å². The van der Waals surface area contributed by atoms with E-state index in [1.54, 1.807) is 18.4 Å². The monoisotopic (exact) mass is 231 g/mol. The van der Waals surface area contributed by atoms with E-state index in [4.69, 9.17) is 16.3 Å². The van der Waals surface area contributed by atoms with Gasteiger partial charge in [0.05, 0.1) is 10.4 Å². The number of rotatable bonds is 4. The summed E-state index contributed by atoms with van der Waals surface area (Å²) >= 11 is 7.48. The average molecular weight is 232 g/mol. The third-order valence-electron chi connectivity index (χ3n) is 2.62. The molecule has 0 amide bonds. The molecule has 78 valence electrons. The van der Waals surface area contributed by atoms with Gasteiger partial charge in [0.1, 0.15) is 0 Å². The van der Waals surface area contributed by atoms with Crippen molar-refractivity contribution in [2.24, 2.45) is 0 Å². The topological polar surface area (TPSA) is 21.3 Å². The maximum Gasteiger partial charge on any atom is 0.0931 e. The highest BCUT2D eigenvalue weighted by Gasteiger charge is 2.28. The van der Waals surface area contributed by atoms with Gasteiger partial charge in [0.2, 0.25) is 0 Å². The SMILES string of the molecule is COC1CC(NCc2ccc(Cl)s2)C1. The van der Waals surface area contributed by atoms with E-state index >= 15 is 0 Å². The zero-order chi connectivity index (χ0) is 9.97. The van der Waals surface area contributed by atoms with Gasteiger partial charge in [-0.3, -0.25) is 0 Å².